The Morgan fingerprint density at radius 3 is 2.53 bits per heavy atom. The standard InChI is InChI=1S/C11H17BrN2O/c1-7(13)11(14-2)8-4-5-10(15-3)9(12)6-8/h4-7,11,14H,13H2,1-3H3. The van der Waals surface area contributed by atoms with Crippen molar-refractivity contribution in [2.45, 2.75) is 19.0 Å². The third-order valence-corrected chi connectivity index (χ3v) is 2.99. The van der Waals surface area contributed by atoms with Crippen molar-refractivity contribution in [3.05, 3.63) is 28.2 Å². The third-order valence-electron chi connectivity index (χ3n) is 2.37. The lowest BCUT2D eigenvalue weighted by molar-refractivity contribution is 0.411. The second-order valence-electron chi connectivity index (χ2n) is 3.52. The van der Waals surface area contributed by atoms with Crippen LogP contribution in [0.15, 0.2) is 22.7 Å². The van der Waals surface area contributed by atoms with Crippen molar-refractivity contribution in [3.8, 4) is 5.75 Å². The fourth-order valence-electron chi connectivity index (χ4n) is 1.61. The summed E-state index contributed by atoms with van der Waals surface area (Å²) < 4.78 is 6.12. The molecule has 0 saturated heterocycles. The monoisotopic (exact) mass is 272 g/mol. The molecule has 2 unspecified atom stereocenters. The molecule has 0 heterocycles. The van der Waals surface area contributed by atoms with E-state index in [4.69, 9.17) is 10.5 Å². The van der Waals surface area contributed by atoms with Crippen molar-refractivity contribution in [2.24, 2.45) is 5.73 Å². The highest BCUT2D eigenvalue weighted by atomic mass is 79.9. The van der Waals surface area contributed by atoms with Crippen LogP contribution in [0.1, 0.15) is 18.5 Å². The van der Waals surface area contributed by atoms with E-state index in [9.17, 15) is 0 Å². The number of hydrogen-bond acceptors (Lipinski definition) is 3. The molecule has 2 atom stereocenters. The van der Waals surface area contributed by atoms with Gasteiger partial charge < -0.3 is 15.8 Å². The van der Waals surface area contributed by atoms with Crippen molar-refractivity contribution in [3.63, 3.8) is 0 Å². The molecule has 3 nitrogen and oxygen atoms in total. The molecule has 0 aliphatic rings. The maximum Gasteiger partial charge on any atom is 0.133 e. The summed E-state index contributed by atoms with van der Waals surface area (Å²) in [5, 5.41) is 3.20. The van der Waals surface area contributed by atoms with Crippen LogP contribution in [-0.2, 0) is 0 Å². The van der Waals surface area contributed by atoms with E-state index in [2.05, 4.69) is 21.2 Å². The number of hydrogen-bond donors (Lipinski definition) is 2. The maximum absolute atomic E-state index is 5.89. The molecular formula is C11H17BrN2O. The second kappa shape index (κ2) is 5.49. The van der Waals surface area contributed by atoms with Crippen LogP contribution in [0, 0.1) is 0 Å². The molecule has 3 N–H and O–H groups in total. The summed E-state index contributed by atoms with van der Waals surface area (Å²) in [6.45, 7) is 1.99. The van der Waals surface area contributed by atoms with Gasteiger partial charge >= 0.3 is 0 Å². The fraction of sp³-hybridized carbons (Fsp3) is 0.455. The Hall–Kier alpha value is -0.580. The number of halogens is 1. The largest absolute Gasteiger partial charge is 0.496 e. The minimum absolute atomic E-state index is 0.0651. The highest BCUT2D eigenvalue weighted by Gasteiger charge is 2.14. The molecule has 1 rings (SSSR count). The van der Waals surface area contributed by atoms with Crippen molar-refractivity contribution in [2.75, 3.05) is 14.2 Å². The fourth-order valence-corrected chi connectivity index (χ4v) is 2.17. The van der Waals surface area contributed by atoms with Gasteiger partial charge in [-0.1, -0.05) is 6.07 Å². The van der Waals surface area contributed by atoms with Crippen LogP contribution in [0.4, 0.5) is 0 Å². The summed E-state index contributed by atoms with van der Waals surface area (Å²) >= 11 is 3.46. The van der Waals surface area contributed by atoms with Gasteiger partial charge in [-0.05, 0) is 47.6 Å². The molecule has 0 amide bonds. The molecule has 0 bridgehead atoms. The second-order valence-corrected chi connectivity index (χ2v) is 4.37. The van der Waals surface area contributed by atoms with Crippen molar-refractivity contribution >= 4 is 15.9 Å². The number of nitrogens with two attached hydrogens (primary N) is 1. The number of nitrogens with one attached hydrogen (secondary N) is 1. The van der Waals surface area contributed by atoms with E-state index >= 15 is 0 Å². The van der Waals surface area contributed by atoms with Gasteiger partial charge in [0.05, 0.1) is 11.6 Å². The summed E-state index contributed by atoms with van der Waals surface area (Å²) in [6, 6.07) is 6.21. The topological polar surface area (TPSA) is 47.3 Å². The summed E-state index contributed by atoms with van der Waals surface area (Å²) in [5.74, 6) is 0.832. The number of rotatable bonds is 4. The zero-order chi connectivity index (χ0) is 11.4. The lowest BCUT2D eigenvalue weighted by atomic mass is 10.0. The highest BCUT2D eigenvalue weighted by Crippen LogP contribution is 2.28. The van der Waals surface area contributed by atoms with Crippen LogP contribution >= 0.6 is 15.9 Å². The zero-order valence-corrected chi connectivity index (χ0v) is 10.8. The Morgan fingerprint density at radius 2 is 2.13 bits per heavy atom. The van der Waals surface area contributed by atoms with Gasteiger partial charge in [0, 0.05) is 12.1 Å². The molecule has 15 heavy (non-hydrogen) atoms. The first-order valence-corrected chi connectivity index (χ1v) is 5.65. The molecule has 0 aliphatic heterocycles. The summed E-state index contributed by atoms with van der Waals surface area (Å²) in [5.41, 5.74) is 7.04. The normalized spacial score (nSPS) is 14.7. The first-order chi connectivity index (χ1) is 7.10. The van der Waals surface area contributed by atoms with E-state index in [0.29, 0.717) is 0 Å². The molecule has 84 valence electrons. The van der Waals surface area contributed by atoms with Gasteiger partial charge in [-0.15, -0.1) is 0 Å². The average Bonchev–Trinajstić information content (AvgIpc) is 2.18. The minimum atomic E-state index is 0.0651. The van der Waals surface area contributed by atoms with Crippen molar-refractivity contribution < 1.29 is 4.74 Å². The quantitative estimate of drug-likeness (QED) is 0.882. The van der Waals surface area contributed by atoms with E-state index < -0.39 is 0 Å². The van der Waals surface area contributed by atoms with E-state index in [1.165, 1.54) is 0 Å². The van der Waals surface area contributed by atoms with Crippen LogP contribution < -0.4 is 15.8 Å². The smallest absolute Gasteiger partial charge is 0.133 e. The third kappa shape index (κ3) is 2.93. The van der Waals surface area contributed by atoms with Crippen molar-refractivity contribution in [1.29, 1.82) is 0 Å². The Morgan fingerprint density at radius 1 is 1.47 bits per heavy atom. The molecule has 1 aromatic carbocycles. The Kier molecular flexibility index (Phi) is 4.57. The Balaban J connectivity index is 3.00. The van der Waals surface area contributed by atoms with Crippen LogP contribution in [0.3, 0.4) is 0 Å². The van der Waals surface area contributed by atoms with E-state index in [1.807, 2.05) is 32.2 Å². The van der Waals surface area contributed by atoms with Crippen LogP contribution in [0.2, 0.25) is 0 Å². The summed E-state index contributed by atoms with van der Waals surface area (Å²) in [4.78, 5) is 0. The number of ether oxygens (including phenoxy) is 1. The molecule has 0 spiro atoms. The van der Waals surface area contributed by atoms with E-state index in [1.54, 1.807) is 7.11 Å². The average molecular weight is 273 g/mol. The van der Waals surface area contributed by atoms with Crippen LogP contribution in [0.25, 0.3) is 0 Å². The lowest BCUT2D eigenvalue weighted by Gasteiger charge is -2.21. The van der Waals surface area contributed by atoms with Gasteiger partial charge in [0.15, 0.2) is 0 Å². The first-order valence-electron chi connectivity index (χ1n) is 4.86. The van der Waals surface area contributed by atoms with Gasteiger partial charge in [-0.3, -0.25) is 0 Å². The van der Waals surface area contributed by atoms with Gasteiger partial charge in [0.1, 0.15) is 5.75 Å². The number of likely N-dealkylation sites (N-methyl/N-ethyl adjacent to an activating group) is 1. The Labute approximate surface area is 99.1 Å². The van der Waals surface area contributed by atoms with Gasteiger partial charge in [-0.25, -0.2) is 0 Å². The Bertz CT molecular complexity index is 328. The van der Waals surface area contributed by atoms with Gasteiger partial charge in [0.2, 0.25) is 0 Å². The molecular weight excluding hydrogens is 256 g/mol. The molecule has 0 aromatic heterocycles. The first kappa shape index (κ1) is 12.5. The molecule has 4 heteroatoms. The molecule has 1 aromatic rings. The predicted molar refractivity (Wildman–Crippen MR) is 66.1 cm³/mol. The number of benzene rings is 1. The van der Waals surface area contributed by atoms with Crippen molar-refractivity contribution in [1.82, 2.24) is 5.32 Å². The maximum atomic E-state index is 5.89. The summed E-state index contributed by atoms with van der Waals surface area (Å²) in [7, 11) is 3.56. The van der Waals surface area contributed by atoms with E-state index in [0.717, 1.165) is 15.8 Å². The minimum Gasteiger partial charge on any atom is -0.496 e. The lowest BCUT2D eigenvalue weighted by Crippen LogP contribution is -2.33. The molecule has 0 fully saturated rings. The number of methoxy groups -OCH3 is 1. The van der Waals surface area contributed by atoms with Gasteiger partial charge in [0.25, 0.3) is 0 Å². The SMILES string of the molecule is CNC(c1ccc(OC)c(Br)c1)C(C)N. The molecule has 0 radical (unpaired) electrons. The van der Waals surface area contributed by atoms with Crippen LogP contribution in [0.5, 0.6) is 5.75 Å². The highest BCUT2D eigenvalue weighted by molar-refractivity contribution is 9.10. The predicted octanol–water partition coefficient (Wildman–Crippen LogP) is 2.07. The zero-order valence-electron chi connectivity index (χ0n) is 9.25. The molecule has 0 aliphatic carbocycles. The summed E-state index contributed by atoms with van der Waals surface area (Å²) in [6.07, 6.45) is 0. The molecule has 0 saturated carbocycles. The van der Waals surface area contributed by atoms with Gasteiger partial charge in [-0.2, -0.15) is 0 Å². The van der Waals surface area contributed by atoms with E-state index in [-0.39, 0.29) is 12.1 Å². The van der Waals surface area contributed by atoms with Crippen LogP contribution in [-0.4, -0.2) is 20.2 Å².